The van der Waals surface area contributed by atoms with Gasteiger partial charge in [-0.25, -0.2) is 0 Å². The van der Waals surface area contributed by atoms with E-state index < -0.39 is 12.0 Å². The van der Waals surface area contributed by atoms with Crippen molar-refractivity contribution in [2.45, 2.75) is 13.0 Å². The molecule has 1 heterocycles. The van der Waals surface area contributed by atoms with Gasteiger partial charge in [-0.1, -0.05) is 6.92 Å². The van der Waals surface area contributed by atoms with Gasteiger partial charge in [0, 0.05) is 19.6 Å². The minimum Gasteiger partial charge on any atom is -0.382 e. The molecule has 0 saturated carbocycles. The first kappa shape index (κ1) is 8.49. The molecule has 1 rings (SSSR count). The van der Waals surface area contributed by atoms with E-state index >= 15 is 0 Å². The van der Waals surface area contributed by atoms with Crippen LogP contribution in [-0.4, -0.2) is 41.7 Å². The molecule has 4 heteroatoms. The lowest BCUT2D eigenvalue weighted by Gasteiger charge is -2.37. The van der Waals surface area contributed by atoms with Crippen LogP contribution in [0.3, 0.4) is 0 Å². The third kappa shape index (κ3) is 2.17. The highest BCUT2D eigenvalue weighted by Crippen LogP contribution is 2.13. The topological polar surface area (TPSA) is 66.6 Å². The summed E-state index contributed by atoms with van der Waals surface area (Å²) in [6.45, 7) is 4.45. The number of carbonyl (C=O) groups excluding carboxylic acids is 1. The molecule has 0 aromatic rings. The van der Waals surface area contributed by atoms with Crippen LogP contribution in [0.15, 0.2) is 0 Å². The number of nitrogens with zero attached hydrogens (tertiary/aromatic N) is 1. The largest absolute Gasteiger partial charge is 0.382 e. The fourth-order valence-electron chi connectivity index (χ4n) is 1.31. The average molecular weight is 158 g/mol. The Morgan fingerprint density at radius 3 is 2.73 bits per heavy atom. The van der Waals surface area contributed by atoms with Crippen molar-refractivity contribution in [3.8, 4) is 0 Å². The van der Waals surface area contributed by atoms with Crippen molar-refractivity contribution in [1.82, 2.24) is 4.90 Å². The summed E-state index contributed by atoms with van der Waals surface area (Å²) < 4.78 is 0. The minimum atomic E-state index is -0.998. The predicted octanol–water partition coefficient (Wildman–Crippen LogP) is -1.22. The summed E-state index contributed by atoms with van der Waals surface area (Å²) in [7, 11) is 0. The van der Waals surface area contributed by atoms with E-state index in [0.717, 1.165) is 13.1 Å². The van der Waals surface area contributed by atoms with Gasteiger partial charge in [0.05, 0.1) is 0 Å². The molecule has 0 spiro atoms. The van der Waals surface area contributed by atoms with Gasteiger partial charge in [-0.2, -0.15) is 0 Å². The number of rotatable bonds is 3. The van der Waals surface area contributed by atoms with E-state index in [1.807, 2.05) is 4.90 Å². The normalized spacial score (nSPS) is 22.7. The van der Waals surface area contributed by atoms with Gasteiger partial charge in [0.15, 0.2) is 0 Å². The van der Waals surface area contributed by atoms with Gasteiger partial charge in [-0.05, 0) is 5.92 Å². The van der Waals surface area contributed by atoms with Crippen LogP contribution in [0.1, 0.15) is 6.92 Å². The van der Waals surface area contributed by atoms with Crippen molar-refractivity contribution < 1.29 is 9.90 Å². The number of primary amides is 1. The molecule has 0 radical (unpaired) electrons. The second kappa shape index (κ2) is 3.19. The zero-order chi connectivity index (χ0) is 8.43. The maximum Gasteiger partial charge on any atom is 0.247 e. The maximum atomic E-state index is 10.4. The second-order valence-electron chi connectivity index (χ2n) is 3.24. The van der Waals surface area contributed by atoms with E-state index in [2.05, 4.69) is 6.92 Å². The molecule has 0 bridgehead atoms. The third-order valence-corrected chi connectivity index (χ3v) is 1.90. The van der Waals surface area contributed by atoms with Crippen LogP contribution in [-0.2, 0) is 4.79 Å². The van der Waals surface area contributed by atoms with Crippen molar-refractivity contribution >= 4 is 5.91 Å². The van der Waals surface area contributed by atoms with Crippen molar-refractivity contribution in [1.29, 1.82) is 0 Å². The first-order chi connectivity index (χ1) is 5.09. The van der Waals surface area contributed by atoms with Crippen LogP contribution >= 0.6 is 0 Å². The molecule has 0 aromatic carbocycles. The molecule has 4 nitrogen and oxygen atoms in total. The zero-order valence-electron chi connectivity index (χ0n) is 6.66. The number of aliphatic hydroxyl groups excluding tert-OH is 1. The van der Waals surface area contributed by atoms with Crippen LogP contribution in [0.4, 0.5) is 0 Å². The maximum absolute atomic E-state index is 10.4. The number of amides is 1. The van der Waals surface area contributed by atoms with Gasteiger partial charge < -0.3 is 10.8 Å². The van der Waals surface area contributed by atoms with Gasteiger partial charge in [-0.15, -0.1) is 0 Å². The highest BCUT2D eigenvalue weighted by Gasteiger charge is 2.25. The van der Waals surface area contributed by atoms with E-state index in [1.54, 1.807) is 0 Å². The predicted molar refractivity (Wildman–Crippen MR) is 40.8 cm³/mol. The first-order valence-electron chi connectivity index (χ1n) is 3.79. The molecule has 1 fully saturated rings. The number of hydrogen-bond acceptors (Lipinski definition) is 3. The number of hydrogen-bond donors (Lipinski definition) is 2. The molecule has 1 saturated heterocycles. The standard InChI is InChI=1S/C7H14N2O2/c1-5-2-9(3-5)4-6(10)7(8)11/h5-6,10H,2-4H2,1H3,(H2,8,11). The van der Waals surface area contributed by atoms with Crippen LogP contribution in [0.5, 0.6) is 0 Å². The molecule has 1 unspecified atom stereocenters. The van der Waals surface area contributed by atoms with Crippen molar-refractivity contribution in [3.63, 3.8) is 0 Å². The molecular weight excluding hydrogens is 144 g/mol. The second-order valence-corrected chi connectivity index (χ2v) is 3.24. The highest BCUT2D eigenvalue weighted by atomic mass is 16.3. The summed E-state index contributed by atoms with van der Waals surface area (Å²) in [6.07, 6.45) is -0.998. The van der Waals surface area contributed by atoms with Crippen LogP contribution < -0.4 is 5.73 Å². The summed E-state index contributed by atoms with van der Waals surface area (Å²) >= 11 is 0. The monoisotopic (exact) mass is 158 g/mol. The number of nitrogens with two attached hydrogens (primary N) is 1. The summed E-state index contributed by atoms with van der Waals surface area (Å²) in [6, 6.07) is 0. The lowest BCUT2D eigenvalue weighted by atomic mass is 10.0. The summed E-state index contributed by atoms with van der Waals surface area (Å²) in [5.74, 6) is 0.0552. The molecule has 0 aliphatic carbocycles. The van der Waals surface area contributed by atoms with Crippen molar-refractivity contribution in [3.05, 3.63) is 0 Å². The lowest BCUT2D eigenvalue weighted by Crippen LogP contribution is -2.50. The Hall–Kier alpha value is -0.610. The Balaban J connectivity index is 2.16. The molecular formula is C7H14N2O2. The SMILES string of the molecule is CC1CN(CC(O)C(N)=O)C1. The number of aliphatic hydroxyl groups is 1. The minimum absolute atomic E-state index is 0.389. The van der Waals surface area contributed by atoms with E-state index in [4.69, 9.17) is 10.8 Å². The fourth-order valence-corrected chi connectivity index (χ4v) is 1.31. The van der Waals surface area contributed by atoms with E-state index in [-0.39, 0.29) is 0 Å². The Morgan fingerprint density at radius 2 is 2.36 bits per heavy atom. The molecule has 3 N–H and O–H groups in total. The summed E-state index contributed by atoms with van der Waals surface area (Å²) in [5, 5.41) is 9.03. The zero-order valence-corrected chi connectivity index (χ0v) is 6.66. The molecule has 1 amide bonds. The van der Waals surface area contributed by atoms with Crippen LogP contribution in [0.25, 0.3) is 0 Å². The molecule has 1 atom stereocenters. The van der Waals surface area contributed by atoms with E-state index in [9.17, 15) is 4.79 Å². The summed E-state index contributed by atoms with van der Waals surface area (Å²) in [4.78, 5) is 12.4. The molecule has 1 aliphatic rings. The fraction of sp³-hybridized carbons (Fsp3) is 0.857. The Kier molecular flexibility index (Phi) is 2.46. The molecule has 0 aromatic heterocycles. The Morgan fingerprint density at radius 1 is 1.82 bits per heavy atom. The molecule has 64 valence electrons. The Labute approximate surface area is 66.0 Å². The van der Waals surface area contributed by atoms with Crippen molar-refractivity contribution in [2.75, 3.05) is 19.6 Å². The molecule has 11 heavy (non-hydrogen) atoms. The summed E-state index contributed by atoms with van der Waals surface area (Å²) in [5.41, 5.74) is 4.88. The quantitative estimate of drug-likeness (QED) is 0.541. The van der Waals surface area contributed by atoms with Gasteiger partial charge in [0.1, 0.15) is 6.10 Å². The average Bonchev–Trinajstić information content (AvgIpc) is 1.84. The number of β-amino-alcohol motifs (C(OH)–C–C–N with tert-alkyl or cyclic N) is 1. The first-order valence-corrected chi connectivity index (χ1v) is 3.79. The highest BCUT2D eigenvalue weighted by molar-refractivity contribution is 5.78. The van der Waals surface area contributed by atoms with Gasteiger partial charge in [-0.3, -0.25) is 9.69 Å². The third-order valence-electron chi connectivity index (χ3n) is 1.90. The van der Waals surface area contributed by atoms with Gasteiger partial charge >= 0.3 is 0 Å². The van der Waals surface area contributed by atoms with E-state index in [1.165, 1.54) is 0 Å². The van der Waals surface area contributed by atoms with Crippen LogP contribution in [0.2, 0.25) is 0 Å². The van der Waals surface area contributed by atoms with Crippen LogP contribution in [0, 0.1) is 5.92 Å². The molecule has 1 aliphatic heterocycles. The van der Waals surface area contributed by atoms with Gasteiger partial charge in [0.2, 0.25) is 5.91 Å². The van der Waals surface area contributed by atoms with E-state index in [0.29, 0.717) is 12.5 Å². The number of likely N-dealkylation sites (tertiary alicyclic amines) is 1. The Bertz CT molecular complexity index is 155. The van der Waals surface area contributed by atoms with Gasteiger partial charge in [0.25, 0.3) is 0 Å². The lowest BCUT2D eigenvalue weighted by molar-refractivity contribution is -0.127. The smallest absolute Gasteiger partial charge is 0.247 e. The van der Waals surface area contributed by atoms with Crippen molar-refractivity contribution in [2.24, 2.45) is 11.7 Å². The number of carbonyl (C=O) groups is 1.